The highest BCUT2D eigenvalue weighted by Gasteiger charge is 2.35. The molecule has 1 unspecified atom stereocenters. The number of rotatable bonds is 6. The van der Waals surface area contributed by atoms with E-state index < -0.39 is 0 Å². The summed E-state index contributed by atoms with van der Waals surface area (Å²) < 4.78 is 7.75. The number of likely N-dealkylation sites (N-methyl/N-ethyl adjacent to an activating group) is 1. The Morgan fingerprint density at radius 3 is 2.90 bits per heavy atom. The molecular weight excluding hydrogens is 382 g/mol. The highest BCUT2D eigenvalue weighted by atomic mass is 16.5. The fourth-order valence-electron chi connectivity index (χ4n) is 4.23. The van der Waals surface area contributed by atoms with E-state index in [9.17, 15) is 4.79 Å². The van der Waals surface area contributed by atoms with Crippen LogP contribution in [0.3, 0.4) is 0 Å². The van der Waals surface area contributed by atoms with E-state index in [1.165, 1.54) is 6.42 Å². The Labute approximate surface area is 177 Å². The second-order valence-corrected chi connectivity index (χ2v) is 8.53. The van der Waals surface area contributed by atoms with Crippen LogP contribution in [0, 0.1) is 12.8 Å². The van der Waals surface area contributed by atoms with Crippen LogP contribution in [0.5, 0.6) is 0 Å². The monoisotopic (exact) mass is 413 g/mol. The summed E-state index contributed by atoms with van der Waals surface area (Å²) in [6, 6.07) is -0.250. The third-order valence-corrected chi connectivity index (χ3v) is 5.77. The van der Waals surface area contributed by atoms with Crippen LogP contribution in [0.4, 0.5) is 17.5 Å². The third kappa shape index (κ3) is 4.26. The molecule has 30 heavy (non-hydrogen) atoms. The Bertz CT molecular complexity index is 905. The fraction of sp³-hybridized carbons (Fsp3) is 0.619. The number of hydrogen-bond acceptors (Lipinski definition) is 7. The molecule has 4 heterocycles. The lowest BCUT2D eigenvalue weighted by Gasteiger charge is -2.36. The third-order valence-electron chi connectivity index (χ3n) is 5.77. The molecule has 1 saturated heterocycles. The maximum atomic E-state index is 12.5. The number of hydrogen-bond donors (Lipinski definition) is 2. The van der Waals surface area contributed by atoms with Crippen molar-refractivity contribution in [3.8, 4) is 0 Å². The smallest absolute Gasteiger partial charge is 0.247 e. The Hall–Kier alpha value is -2.68. The van der Waals surface area contributed by atoms with Crippen LogP contribution in [-0.4, -0.2) is 51.5 Å². The van der Waals surface area contributed by atoms with Crippen molar-refractivity contribution in [3.05, 3.63) is 23.7 Å². The summed E-state index contributed by atoms with van der Waals surface area (Å²) in [5, 5.41) is 10.7. The minimum Gasteiger partial charge on any atom is -0.376 e. The van der Waals surface area contributed by atoms with Gasteiger partial charge in [0.2, 0.25) is 11.9 Å². The van der Waals surface area contributed by atoms with E-state index in [0.29, 0.717) is 18.2 Å². The zero-order valence-corrected chi connectivity index (χ0v) is 18.2. The van der Waals surface area contributed by atoms with Gasteiger partial charge in [0.05, 0.1) is 24.5 Å². The van der Waals surface area contributed by atoms with Gasteiger partial charge in [-0.05, 0) is 32.1 Å². The zero-order chi connectivity index (χ0) is 21.3. The van der Waals surface area contributed by atoms with Crippen molar-refractivity contribution in [2.75, 3.05) is 29.2 Å². The maximum Gasteiger partial charge on any atom is 0.247 e. The topological polar surface area (TPSA) is 97.2 Å². The van der Waals surface area contributed by atoms with E-state index in [1.807, 2.05) is 49.8 Å². The number of fused-ring (bicyclic) bond motifs is 1. The van der Waals surface area contributed by atoms with E-state index in [4.69, 9.17) is 4.74 Å². The molecule has 9 nitrogen and oxygen atoms in total. The van der Waals surface area contributed by atoms with Crippen molar-refractivity contribution < 1.29 is 9.53 Å². The van der Waals surface area contributed by atoms with Crippen LogP contribution in [0.2, 0.25) is 0 Å². The van der Waals surface area contributed by atoms with Crippen LogP contribution < -0.4 is 15.5 Å². The summed E-state index contributed by atoms with van der Waals surface area (Å²) >= 11 is 0. The number of anilines is 3. The molecule has 0 saturated carbocycles. The molecule has 2 aliphatic rings. The highest BCUT2D eigenvalue weighted by molar-refractivity contribution is 6.03. The van der Waals surface area contributed by atoms with Crippen LogP contribution in [0.25, 0.3) is 0 Å². The molecule has 2 aromatic rings. The van der Waals surface area contributed by atoms with Gasteiger partial charge in [0.1, 0.15) is 11.7 Å². The number of ether oxygens (including phenoxy) is 1. The number of nitrogens with zero attached hydrogens (tertiary/aromatic N) is 5. The molecular formula is C21H31N7O2. The van der Waals surface area contributed by atoms with Crippen LogP contribution in [0.1, 0.15) is 44.4 Å². The maximum absolute atomic E-state index is 12.5. The molecule has 162 valence electrons. The summed E-state index contributed by atoms with van der Waals surface area (Å²) in [5.41, 5.74) is 2.49. The molecule has 2 aromatic heterocycles. The van der Waals surface area contributed by atoms with Gasteiger partial charge in [-0.15, -0.1) is 0 Å². The standard InChI is InChI=1S/C21H31N7O2/c1-13(2)18-20(29)25-17-14(3)24-21(26-19(17)27(18)4)22-9-15-10-23-28(11-15)12-16-7-5-6-8-30-16/h10-11,13,16,18H,5-9,12H2,1-4H3,(H,25,29)(H,22,24,26)/t16-,18?/m1/s1. The molecule has 0 aromatic carbocycles. The Morgan fingerprint density at radius 1 is 1.33 bits per heavy atom. The van der Waals surface area contributed by atoms with Gasteiger partial charge in [-0.1, -0.05) is 13.8 Å². The van der Waals surface area contributed by atoms with E-state index in [2.05, 4.69) is 25.7 Å². The second-order valence-electron chi connectivity index (χ2n) is 8.53. The predicted molar refractivity (Wildman–Crippen MR) is 116 cm³/mol. The van der Waals surface area contributed by atoms with E-state index in [1.54, 1.807) is 0 Å². The van der Waals surface area contributed by atoms with Crippen molar-refractivity contribution in [1.29, 1.82) is 0 Å². The van der Waals surface area contributed by atoms with Gasteiger partial charge < -0.3 is 20.3 Å². The van der Waals surface area contributed by atoms with Crippen LogP contribution in [0.15, 0.2) is 12.4 Å². The molecule has 9 heteroatoms. The van der Waals surface area contributed by atoms with Crippen molar-refractivity contribution in [1.82, 2.24) is 19.7 Å². The molecule has 0 aliphatic carbocycles. The molecule has 1 amide bonds. The van der Waals surface area contributed by atoms with E-state index >= 15 is 0 Å². The lowest BCUT2D eigenvalue weighted by atomic mass is 9.99. The van der Waals surface area contributed by atoms with Crippen molar-refractivity contribution in [2.45, 2.75) is 65.3 Å². The Kier molecular flexibility index (Phi) is 5.90. The normalized spacial score (nSPS) is 21.5. The number of aromatic nitrogens is 4. The summed E-state index contributed by atoms with van der Waals surface area (Å²) in [6.07, 6.45) is 7.63. The fourth-order valence-corrected chi connectivity index (χ4v) is 4.23. The van der Waals surface area contributed by atoms with Gasteiger partial charge >= 0.3 is 0 Å². The van der Waals surface area contributed by atoms with E-state index in [-0.39, 0.29) is 24.0 Å². The first-order valence-electron chi connectivity index (χ1n) is 10.7. The van der Waals surface area contributed by atoms with Gasteiger partial charge in [0, 0.05) is 32.0 Å². The quantitative estimate of drug-likeness (QED) is 0.751. The first-order valence-corrected chi connectivity index (χ1v) is 10.7. The van der Waals surface area contributed by atoms with Crippen molar-refractivity contribution in [3.63, 3.8) is 0 Å². The summed E-state index contributed by atoms with van der Waals surface area (Å²) in [7, 11) is 1.91. The highest BCUT2D eigenvalue weighted by Crippen LogP contribution is 2.34. The number of nitrogens with one attached hydrogen (secondary N) is 2. The molecule has 2 aliphatic heterocycles. The molecule has 0 bridgehead atoms. The summed E-state index contributed by atoms with van der Waals surface area (Å²) in [5.74, 6) is 1.45. The van der Waals surface area contributed by atoms with Gasteiger partial charge in [-0.2, -0.15) is 10.1 Å². The lowest BCUT2D eigenvalue weighted by Crippen LogP contribution is -2.49. The Morgan fingerprint density at radius 2 is 2.17 bits per heavy atom. The lowest BCUT2D eigenvalue weighted by molar-refractivity contribution is -0.118. The average molecular weight is 414 g/mol. The average Bonchev–Trinajstić information content (AvgIpc) is 3.15. The first-order chi connectivity index (χ1) is 14.4. The number of carbonyl (C=O) groups is 1. The first kappa shape index (κ1) is 20.6. The summed E-state index contributed by atoms with van der Waals surface area (Å²) in [6.45, 7) is 8.17. The van der Waals surface area contributed by atoms with Crippen LogP contribution >= 0.6 is 0 Å². The molecule has 2 N–H and O–H groups in total. The molecule has 0 spiro atoms. The molecule has 1 fully saturated rings. The minimum absolute atomic E-state index is 0.0123. The minimum atomic E-state index is -0.250. The Balaban J connectivity index is 1.43. The zero-order valence-electron chi connectivity index (χ0n) is 18.2. The second kappa shape index (κ2) is 8.59. The van der Waals surface area contributed by atoms with Crippen LogP contribution in [-0.2, 0) is 22.6 Å². The van der Waals surface area contributed by atoms with E-state index in [0.717, 1.165) is 43.1 Å². The number of carbonyl (C=O) groups excluding carboxylic acids is 1. The number of amides is 1. The molecule has 4 rings (SSSR count). The predicted octanol–water partition coefficient (Wildman–Crippen LogP) is 2.58. The van der Waals surface area contributed by atoms with Gasteiger partial charge in [-0.25, -0.2) is 4.98 Å². The number of aryl methyl sites for hydroxylation is 1. The van der Waals surface area contributed by atoms with Gasteiger partial charge in [-0.3, -0.25) is 9.48 Å². The molecule has 0 radical (unpaired) electrons. The SMILES string of the molecule is Cc1nc(NCc2cnn(C[C@H]3CCCCO3)c2)nc2c1NC(=O)C(C(C)C)N2C. The van der Waals surface area contributed by atoms with Gasteiger partial charge in [0.15, 0.2) is 5.82 Å². The summed E-state index contributed by atoms with van der Waals surface area (Å²) in [4.78, 5) is 23.6. The van der Waals surface area contributed by atoms with Crippen molar-refractivity contribution in [2.24, 2.45) is 5.92 Å². The molecule has 2 atom stereocenters. The van der Waals surface area contributed by atoms with Crippen molar-refractivity contribution >= 4 is 23.4 Å². The largest absolute Gasteiger partial charge is 0.376 e. The van der Waals surface area contributed by atoms with Gasteiger partial charge in [0.25, 0.3) is 0 Å².